The summed E-state index contributed by atoms with van der Waals surface area (Å²) in [5.74, 6) is 0.350. The molecule has 3 heterocycles. The van der Waals surface area contributed by atoms with Gasteiger partial charge in [-0.2, -0.15) is 14.0 Å². The Kier molecular flexibility index (Phi) is 6.19. The zero-order chi connectivity index (χ0) is 27.4. The van der Waals surface area contributed by atoms with Crippen LogP contribution in [0.4, 0.5) is 14.5 Å². The van der Waals surface area contributed by atoms with Crippen molar-refractivity contribution in [3.05, 3.63) is 47.8 Å². The number of alkyl halides is 2. The number of anilines is 1. The number of hydrogen-bond acceptors (Lipinski definition) is 7. The molecule has 11 heteroatoms. The van der Waals surface area contributed by atoms with Crippen LogP contribution >= 0.6 is 0 Å². The number of aromatic nitrogens is 2. The number of likely N-dealkylation sites (tertiary alicyclic amines) is 1. The number of nitrogens with zero attached hydrogens (tertiary/aromatic N) is 4. The van der Waals surface area contributed by atoms with Crippen molar-refractivity contribution in [3.63, 3.8) is 0 Å². The molecule has 2 aliphatic heterocycles. The predicted molar refractivity (Wildman–Crippen MR) is 138 cm³/mol. The molecule has 204 valence electrons. The SMILES string of the molecule is C[C@]1(O)C[C@@H](n2cnc3cc(OCCN4CCC5(CC4)C(=O)Nc4ccc(C#N)cc45)cc(OC(F)F)c32)C1. The Morgan fingerprint density at radius 1 is 1.26 bits per heavy atom. The van der Waals surface area contributed by atoms with Gasteiger partial charge < -0.3 is 24.5 Å². The summed E-state index contributed by atoms with van der Waals surface area (Å²) in [6, 6.07) is 10.6. The van der Waals surface area contributed by atoms with Crippen LogP contribution in [0.5, 0.6) is 11.5 Å². The highest BCUT2D eigenvalue weighted by Crippen LogP contribution is 2.46. The molecule has 3 aliphatic rings. The van der Waals surface area contributed by atoms with Crippen LogP contribution in [0.3, 0.4) is 0 Å². The number of aliphatic hydroxyl groups is 1. The van der Waals surface area contributed by atoms with E-state index in [1.807, 2.05) is 6.07 Å². The number of amides is 1. The van der Waals surface area contributed by atoms with E-state index in [0.29, 0.717) is 74.3 Å². The Bertz CT molecular complexity index is 1460. The Hall–Kier alpha value is -3.75. The summed E-state index contributed by atoms with van der Waals surface area (Å²) in [7, 11) is 0. The minimum atomic E-state index is -3.00. The Morgan fingerprint density at radius 2 is 2.03 bits per heavy atom. The fraction of sp³-hybridized carbons (Fsp3) is 0.464. The average molecular weight is 538 g/mol. The molecule has 9 nitrogen and oxygen atoms in total. The van der Waals surface area contributed by atoms with Crippen molar-refractivity contribution >= 4 is 22.6 Å². The van der Waals surface area contributed by atoms with Crippen molar-refractivity contribution < 1.29 is 28.2 Å². The highest BCUT2D eigenvalue weighted by atomic mass is 19.3. The number of ether oxygens (including phenoxy) is 2. The molecule has 0 bridgehead atoms. The molecule has 6 rings (SSSR count). The molecule has 2 aromatic carbocycles. The second-order valence-electron chi connectivity index (χ2n) is 11.0. The van der Waals surface area contributed by atoms with Crippen molar-refractivity contribution in [1.82, 2.24) is 14.5 Å². The number of nitriles is 1. The number of piperidine rings is 1. The molecule has 1 aliphatic carbocycles. The summed E-state index contributed by atoms with van der Waals surface area (Å²) in [5.41, 5.74) is 1.75. The highest BCUT2D eigenvalue weighted by molar-refractivity contribution is 6.06. The van der Waals surface area contributed by atoms with Gasteiger partial charge in [0, 0.05) is 30.4 Å². The van der Waals surface area contributed by atoms with E-state index in [4.69, 9.17) is 9.47 Å². The van der Waals surface area contributed by atoms with Gasteiger partial charge in [0.05, 0.1) is 34.5 Å². The van der Waals surface area contributed by atoms with E-state index in [-0.39, 0.29) is 17.7 Å². The van der Waals surface area contributed by atoms with Crippen LogP contribution in [-0.2, 0) is 10.2 Å². The third-order valence-corrected chi connectivity index (χ3v) is 8.30. The van der Waals surface area contributed by atoms with Crippen LogP contribution < -0.4 is 14.8 Å². The fourth-order valence-corrected chi connectivity index (χ4v) is 6.24. The topological polar surface area (TPSA) is 113 Å². The van der Waals surface area contributed by atoms with Crippen LogP contribution in [0.25, 0.3) is 11.0 Å². The van der Waals surface area contributed by atoms with Crippen LogP contribution in [0.2, 0.25) is 0 Å². The van der Waals surface area contributed by atoms with Gasteiger partial charge in [-0.25, -0.2) is 4.98 Å². The molecule has 0 radical (unpaired) electrons. The molecule has 39 heavy (non-hydrogen) atoms. The normalized spacial score (nSPS) is 23.9. The number of hydrogen-bond donors (Lipinski definition) is 2. The standard InChI is InChI=1S/C28H29F2N5O4/c1-27(37)13-18(14-27)35-16-32-22-11-19(12-23(24(22)35)39-26(29)30)38-9-8-34-6-4-28(5-7-34)20-10-17(15-31)2-3-21(20)33-25(28)36/h2-3,10-12,16,18,26,37H,4-9,13-14H2,1H3,(H,33,36)/t18-,27+. The third-order valence-electron chi connectivity index (χ3n) is 8.30. The second-order valence-corrected chi connectivity index (χ2v) is 11.0. The maximum atomic E-state index is 13.2. The van der Waals surface area contributed by atoms with Gasteiger partial charge >= 0.3 is 6.61 Å². The maximum Gasteiger partial charge on any atom is 0.387 e. The summed E-state index contributed by atoms with van der Waals surface area (Å²) >= 11 is 0. The van der Waals surface area contributed by atoms with Crippen molar-refractivity contribution in [3.8, 4) is 17.6 Å². The minimum Gasteiger partial charge on any atom is -0.492 e. The Labute approximate surface area is 223 Å². The zero-order valence-electron chi connectivity index (χ0n) is 21.5. The largest absolute Gasteiger partial charge is 0.492 e. The molecule has 2 fully saturated rings. The molecule has 1 amide bonds. The van der Waals surface area contributed by atoms with Gasteiger partial charge in [0.25, 0.3) is 0 Å². The van der Waals surface area contributed by atoms with Gasteiger partial charge in [-0.05, 0) is 69.5 Å². The number of carbonyl (C=O) groups excluding carboxylic acids is 1. The number of carbonyl (C=O) groups is 1. The van der Waals surface area contributed by atoms with E-state index in [9.17, 15) is 23.9 Å². The monoisotopic (exact) mass is 537 g/mol. The molecule has 1 saturated carbocycles. The first-order valence-corrected chi connectivity index (χ1v) is 13.1. The quantitative estimate of drug-likeness (QED) is 0.469. The molecule has 3 aromatic rings. The van der Waals surface area contributed by atoms with Crippen molar-refractivity contribution in [2.75, 3.05) is 31.6 Å². The molecule has 0 atom stereocenters. The van der Waals surface area contributed by atoms with E-state index in [0.717, 1.165) is 11.3 Å². The Balaban J connectivity index is 1.11. The first kappa shape index (κ1) is 25.5. The number of fused-ring (bicyclic) bond motifs is 3. The van der Waals surface area contributed by atoms with Crippen molar-refractivity contribution in [2.24, 2.45) is 0 Å². The summed E-state index contributed by atoms with van der Waals surface area (Å²) in [4.78, 5) is 19.5. The lowest BCUT2D eigenvalue weighted by molar-refractivity contribution is -0.122. The van der Waals surface area contributed by atoms with Gasteiger partial charge in [-0.3, -0.25) is 9.69 Å². The molecular formula is C28H29F2N5O4. The number of nitrogens with one attached hydrogen (secondary N) is 1. The van der Waals surface area contributed by atoms with Crippen LogP contribution in [-0.4, -0.2) is 63.9 Å². The smallest absolute Gasteiger partial charge is 0.387 e. The zero-order valence-corrected chi connectivity index (χ0v) is 21.5. The minimum absolute atomic E-state index is 0.0101. The van der Waals surface area contributed by atoms with E-state index in [1.165, 1.54) is 6.07 Å². The van der Waals surface area contributed by atoms with Gasteiger partial charge in [-0.1, -0.05) is 0 Å². The number of benzene rings is 2. The van der Waals surface area contributed by atoms with Gasteiger partial charge in [0.15, 0.2) is 5.75 Å². The number of halogens is 2. The first-order valence-electron chi connectivity index (χ1n) is 13.1. The molecule has 0 unspecified atom stereocenters. The van der Waals surface area contributed by atoms with Crippen LogP contribution in [0.15, 0.2) is 36.7 Å². The lowest BCUT2D eigenvalue weighted by atomic mass is 9.73. The van der Waals surface area contributed by atoms with Crippen LogP contribution in [0, 0.1) is 11.3 Å². The summed E-state index contributed by atoms with van der Waals surface area (Å²) in [6.45, 7) is 1.03. The third kappa shape index (κ3) is 4.57. The van der Waals surface area contributed by atoms with Gasteiger partial charge in [-0.15, -0.1) is 0 Å². The highest BCUT2D eigenvalue weighted by Gasteiger charge is 2.48. The lowest BCUT2D eigenvalue weighted by Crippen LogP contribution is -2.47. The summed E-state index contributed by atoms with van der Waals surface area (Å²) in [6.07, 6.45) is 3.87. The summed E-state index contributed by atoms with van der Waals surface area (Å²) in [5, 5.41) is 22.4. The Morgan fingerprint density at radius 3 is 2.72 bits per heavy atom. The molecular weight excluding hydrogens is 508 g/mol. The maximum absolute atomic E-state index is 13.2. The van der Waals surface area contributed by atoms with Gasteiger partial charge in [0.1, 0.15) is 17.9 Å². The average Bonchev–Trinajstić information content (AvgIpc) is 3.42. The fourth-order valence-electron chi connectivity index (χ4n) is 6.24. The van der Waals surface area contributed by atoms with Gasteiger partial charge in [0.2, 0.25) is 5.91 Å². The number of rotatable bonds is 7. The van der Waals surface area contributed by atoms with E-state index in [1.54, 1.807) is 36.0 Å². The van der Waals surface area contributed by atoms with Crippen molar-refractivity contribution in [1.29, 1.82) is 5.26 Å². The lowest BCUT2D eigenvalue weighted by Gasteiger charge is -2.41. The molecule has 1 aromatic heterocycles. The van der Waals surface area contributed by atoms with Crippen LogP contribution in [0.1, 0.15) is 49.8 Å². The second kappa shape index (κ2) is 9.47. The first-order chi connectivity index (χ1) is 18.7. The van der Waals surface area contributed by atoms with E-state index < -0.39 is 17.6 Å². The number of imidazole rings is 1. The molecule has 2 N–H and O–H groups in total. The van der Waals surface area contributed by atoms with Crippen molar-refractivity contribution in [2.45, 2.75) is 56.3 Å². The predicted octanol–water partition coefficient (Wildman–Crippen LogP) is 3.96. The van der Waals surface area contributed by atoms with E-state index in [2.05, 4.69) is 21.3 Å². The van der Waals surface area contributed by atoms with E-state index >= 15 is 0 Å². The summed E-state index contributed by atoms with van der Waals surface area (Å²) < 4.78 is 39.0. The molecule has 1 saturated heterocycles. The molecule has 1 spiro atoms.